The number of carboxylic acids is 1. The predicted molar refractivity (Wildman–Crippen MR) is 85.4 cm³/mol. The van der Waals surface area contributed by atoms with Crippen LogP contribution in [-0.4, -0.2) is 32.3 Å². The summed E-state index contributed by atoms with van der Waals surface area (Å²) in [7, 11) is 2.98. The number of benzene rings is 2. The lowest BCUT2D eigenvalue weighted by Gasteiger charge is -2.07. The lowest BCUT2D eigenvalue weighted by atomic mass is 10.1. The van der Waals surface area contributed by atoms with Crippen LogP contribution in [0.3, 0.4) is 0 Å². The summed E-state index contributed by atoms with van der Waals surface area (Å²) >= 11 is 0. The van der Waals surface area contributed by atoms with E-state index in [-0.39, 0.29) is 5.56 Å². The van der Waals surface area contributed by atoms with Crippen LogP contribution in [0, 0.1) is 0 Å². The van der Waals surface area contributed by atoms with Gasteiger partial charge >= 0.3 is 0 Å². The fourth-order valence-electron chi connectivity index (χ4n) is 1.87. The number of nitrogens with one attached hydrogen (secondary N) is 1. The van der Waals surface area contributed by atoms with Crippen molar-refractivity contribution in [2.24, 2.45) is 5.10 Å². The van der Waals surface area contributed by atoms with Gasteiger partial charge in [0.15, 0.2) is 0 Å². The maximum absolute atomic E-state index is 12.1. The van der Waals surface area contributed by atoms with Crippen molar-refractivity contribution in [2.45, 2.75) is 0 Å². The topological polar surface area (TPSA) is 100 Å². The molecule has 0 aromatic heterocycles. The fraction of sp³-hybridized carbons (Fsp3) is 0.118. The molecule has 0 heterocycles. The largest absolute Gasteiger partial charge is 0.545 e. The number of hydrazone groups is 1. The Morgan fingerprint density at radius 1 is 1.00 bits per heavy atom. The highest BCUT2D eigenvalue weighted by Crippen LogP contribution is 2.22. The van der Waals surface area contributed by atoms with Gasteiger partial charge in [-0.15, -0.1) is 0 Å². The Labute approximate surface area is 138 Å². The van der Waals surface area contributed by atoms with E-state index in [2.05, 4.69) is 10.5 Å². The van der Waals surface area contributed by atoms with Crippen LogP contribution in [0.4, 0.5) is 0 Å². The van der Waals surface area contributed by atoms with Crippen molar-refractivity contribution in [1.82, 2.24) is 5.43 Å². The number of nitrogens with zero attached hydrogens (tertiary/aromatic N) is 1. The molecular formula is C17H15N2O5-. The molecule has 2 aromatic carbocycles. The van der Waals surface area contributed by atoms with E-state index in [1.165, 1.54) is 32.6 Å². The summed E-state index contributed by atoms with van der Waals surface area (Å²) in [4.78, 5) is 22.7. The summed E-state index contributed by atoms with van der Waals surface area (Å²) in [6.45, 7) is 0. The van der Waals surface area contributed by atoms with Crippen LogP contribution in [0.15, 0.2) is 47.6 Å². The molecule has 0 spiro atoms. The highest BCUT2D eigenvalue weighted by atomic mass is 16.5. The van der Waals surface area contributed by atoms with Crippen LogP contribution in [0.2, 0.25) is 0 Å². The third kappa shape index (κ3) is 4.33. The number of rotatable bonds is 6. The van der Waals surface area contributed by atoms with Crippen molar-refractivity contribution in [3.63, 3.8) is 0 Å². The molecule has 124 valence electrons. The first-order valence-corrected chi connectivity index (χ1v) is 6.91. The maximum atomic E-state index is 12.1. The molecular weight excluding hydrogens is 312 g/mol. The molecule has 0 aliphatic rings. The first kappa shape index (κ1) is 17.0. The third-order valence-corrected chi connectivity index (χ3v) is 3.14. The molecule has 0 aliphatic carbocycles. The van der Waals surface area contributed by atoms with E-state index < -0.39 is 11.9 Å². The van der Waals surface area contributed by atoms with Gasteiger partial charge in [-0.05, 0) is 23.3 Å². The van der Waals surface area contributed by atoms with E-state index in [1.807, 2.05) is 0 Å². The number of carbonyl (C=O) groups is 2. The molecule has 0 atom stereocenters. The lowest BCUT2D eigenvalue weighted by Crippen LogP contribution is -2.22. The molecule has 7 heteroatoms. The number of carboxylic acid groups (broad SMARTS) is 1. The molecule has 0 unspecified atom stereocenters. The van der Waals surface area contributed by atoms with Crippen LogP contribution in [0.25, 0.3) is 0 Å². The van der Waals surface area contributed by atoms with Crippen LogP contribution < -0.4 is 20.0 Å². The molecule has 24 heavy (non-hydrogen) atoms. The average Bonchev–Trinajstić information content (AvgIpc) is 2.61. The fourth-order valence-corrected chi connectivity index (χ4v) is 1.87. The van der Waals surface area contributed by atoms with Crippen molar-refractivity contribution >= 4 is 18.1 Å². The van der Waals surface area contributed by atoms with Gasteiger partial charge in [0.2, 0.25) is 0 Å². The zero-order chi connectivity index (χ0) is 17.5. The minimum Gasteiger partial charge on any atom is -0.545 e. The second-order valence-electron chi connectivity index (χ2n) is 4.71. The maximum Gasteiger partial charge on any atom is 0.271 e. The molecule has 7 nitrogen and oxygen atoms in total. The Kier molecular flexibility index (Phi) is 5.51. The number of hydrogen-bond donors (Lipinski definition) is 1. The molecule has 0 radical (unpaired) electrons. The zero-order valence-electron chi connectivity index (χ0n) is 13.1. The summed E-state index contributed by atoms with van der Waals surface area (Å²) in [5.74, 6) is -0.712. The van der Waals surface area contributed by atoms with Crippen LogP contribution in [-0.2, 0) is 0 Å². The second kappa shape index (κ2) is 7.77. The minimum atomic E-state index is -1.25. The Morgan fingerprint density at radius 3 is 2.08 bits per heavy atom. The minimum absolute atomic E-state index is 0.0691. The van der Waals surface area contributed by atoms with Crippen molar-refractivity contribution in [1.29, 1.82) is 0 Å². The van der Waals surface area contributed by atoms with Gasteiger partial charge in [0.05, 0.1) is 26.4 Å². The van der Waals surface area contributed by atoms with Gasteiger partial charge in [-0.25, -0.2) is 5.43 Å². The molecule has 0 saturated carbocycles. The van der Waals surface area contributed by atoms with Gasteiger partial charge in [0, 0.05) is 11.6 Å². The van der Waals surface area contributed by atoms with E-state index in [4.69, 9.17) is 9.47 Å². The number of ether oxygens (including phenoxy) is 2. The van der Waals surface area contributed by atoms with Crippen LogP contribution >= 0.6 is 0 Å². The Morgan fingerprint density at radius 2 is 1.58 bits per heavy atom. The summed E-state index contributed by atoms with van der Waals surface area (Å²) in [6, 6.07) is 10.7. The molecule has 0 bridgehead atoms. The monoisotopic (exact) mass is 327 g/mol. The van der Waals surface area contributed by atoms with Crippen LogP contribution in [0.1, 0.15) is 26.3 Å². The highest BCUT2D eigenvalue weighted by Gasteiger charge is 2.09. The van der Waals surface area contributed by atoms with Crippen LogP contribution in [0.5, 0.6) is 11.5 Å². The Bertz CT molecular complexity index is 747. The first-order valence-electron chi connectivity index (χ1n) is 6.91. The molecule has 0 fully saturated rings. The highest BCUT2D eigenvalue weighted by molar-refractivity contribution is 5.95. The van der Waals surface area contributed by atoms with Gasteiger partial charge in [-0.2, -0.15) is 5.10 Å². The summed E-state index contributed by atoms with van der Waals surface area (Å²) in [5, 5.41) is 14.5. The number of carbonyl (C=O) groups excluding carboxylic acids is 2. The number of hydrogen-bond acceptors (Lipinski definition) is 6. The number of amides is 1. The SMILES string of the molecule is COc1cc(OC)cc(C(=O)N/N=C\c2ccc(C(=O)[O-])cc2)c1. The van der Waals surface area contributed by atoms with Gasteiger partial charge in [-0.1, -0.05) is 24.3 Å². The summed E-state index contributed by atoms with van der Waals surface area (Å²) in [5.41, 5.74) is 3.40. The van der Waals surface area contributed by atoms with E-state index in [0.29, 0.717) is 22.6 Å². The summed E-state index contributed by atoms with van der Waals surface area (Å²) < 4.78 is 10.2. The molecule has 0 saturated heterocycles. The quantitative estimate of drug-likeness (QED) is 0.626. The lowest BCUT2D eigenvalue weighted by molar-refractivity contribution is -0.255. The van der Waals surface area contributed by atoms with Crippen molar-refractivity contribution in [3.05, 3.63) is 59.2 Å². The van der Waals surface area contributed by atoms with Gasteiger partial charge in [-0.3, -0.25) is 4.79 Å². The van der Waals surface area contributed by atoms with Crippen molar-refractivity contribution in [3.8, 4) is 11.5 Å². The van der Waals surface area contributed by atoms with Gasteiger partial charge < -0.3 is 19.4 Å². The Balaban J connectivity index is 2.05. The van der Waals surface area contributed by atoms with E-state index >= 15 is 0 Å². The molecule has 2 rings (SSSR count). The predicted octanol–water partition coefficient (Wildman–Crippen LogP) is 0.831. The summed E-state index contributed by atoms with van der Waals surface area (Å²) in [6.07, 6.45) is 1.40. The van der Waals surface area contributed by atoms with Gasteiger partial charge in [0.25, 0.3) is 5.91 Å². The standard InChI is InChI=1S/C17H16N2O5/c1-23-14-7-13(8-15(9-14)24-2)16(20)19-18-10-11-3-5-12(6-4-11)17(21)22/h3-10H,1-2H3,(H,19,20)(H,21,22)/p-1/b18-10-. The van der Waals surface area contributed by atoms with E-state index in [9.17, 15) is 14.7 Å². The number of methoxy groups -OCH3 is 2. The van der Waals surface area contributed by atoms with Crippen molar-refractivity contribution in [2.75, 3.05) is 14.2 Å². The average molecular weight is 327 g/mol. The molecule has 0 aliphatic heterocycles. The molecule has 1 N–H and O–H groups in total. The second-order valence-corrected chi connectivity index (χ2v) is 4.71. The Hall–Kier alpha value is -3.35. The molecule has 1 amide bonds. The van der Waals surface area contributed by atoms with Gasteiger partial charge in [0.1, 0.15) is 11.5 Å². The third-order valence-electron chi connectivity index (χ3n) is 3.14. The molecule has 2 aromatic rings. The van der Waals surface area contributed by atoms with Crippen molar-refractivity contribution < 1.29 is 24.2 Å². The van der Waals surface area contributed by atoms with E-state index in [1.54, 1.807) is 30.3 Å². The normalized spacial score (nSPS) is 10.4. The van der Waals surface area contributed by atoms with E-state index in [0.717, 1.165) is 0 Å². The first-order chi connectivity index (χ1) is 11.5. The zero-order valence-corrected chi connectivity index (χ0v) is 13.1. The number of aromatic carboxylic acids is 1. The smallest absolute Gasteiger partial charge is 0.271 e.